The van der Waals surface area contributed by atoms with Crippen LogP contribution in [0.3, 0.4) is 0 Å². The summed E-state index contributed by atoms with van der Waals surface area (Å²) in [6.45, 7) is 9.35. The van der Waals surface area contributed by atoms with E-state index in [-0.39, 0.29) is 17.1 Å². The minimum atomic E-state index is -0.829. The number of amides is 1. The lowest BCUT2D eigenvalue weighted by Crippen LogP contribution is -2.51. The van der Waals surface area contributed by atoms with Crippen LogP contribution in [0.5, 0.6) is 0 Å². The molecule has 1 heterocycles. The molecule has 104 valence electrons. The molecule has 0 fully saturated rings. The number of thiazole rings is 1. The van der Waals surface area contributed by atoms with Crippen LogP contribution in [0.25, 0.3) is 0 Å². The standard InChI is InChI=1S/C13H19N3OS2/c1-8(2)13(5,7-14)16-11(17)10(4)19-12-15-9(3)6-18-12/h6,8,10H,1-5H3,(H,16,17)/t10-,13-/m1/s1. The van der Waals surface area contributed by atoms with Crippen molar-refractivity contribution < 1.29 is 4.79 Å². The number of rotatable bonds is 5. The zero-order chi connectivity index (χ0) is 14.6. The Morgan fingerprint density at radius 1 is 1.58 bits per heavy atom. The van der Waals surface area contributed by atoms with Crippen molar-refractivity contribution in [1.29, 1.82) is 5.26 Å². The van der Waals surface area contributed by atoms with Crippen LogP contribution >= 0.6 is 23.1 Å². The quantitative estimate of drug-likeness (QED) is 0.849. The lowest BCUT2D eigenvalue weighted by atomic mass is 9.90. The molecule has 4 nitrogen and oxygen atoms in total. The predicted octanol–water partition coefficient (Wildman–Crippen LogP) is 2.99. The molecule has 0 aliphatic carbocycles. The molecule has 19 heavy (non-hydrogen) atoms. The minimum absolute atomic E-state index is 0.0563. The number of nitrogens with zero attached hydrogens (tertiary/aromatic N) is 2. The molecule has 0 aromatic carbocycles. The summed E-state index contributed by atoms with van der Waals surface area (Å²) in [5.41, 5.74) is 0.134. The van der Waals surface area contributed by atoms with Gasteiger partial charge in [0.25, 0.3) is 0 Å². The van der Waals surface area contributed by atoms with Crippen LogP contribution in [0.4, 0.5) is 0 Å². The van der Waals surface area contributed by atoms with Crippen molar-refractivity contribution in [3.05, 3.63) is 11.1 Å². The van der Waals surface area contributed by atoms with Crippen LogP contribution in [0.15, 0.2) is 9.72 Å². The maximum Gasteiger partial charge on any atom is 0.234 e. The lowest BCUT2D eigenvalue weighted by Gasteiger charge is -2.28. The summed E-state index contributed by atoms with van der Waals surface area (Å²) >= 11 is 2.95. The number of carbonyl (C=O) groups is 1. The Labute approximate surface area is 122 Å². The number of carbonyl (C=O) groups excluding carboxylic acids is 1. The summed E-state index contributed by atoms with van der Waals surface area (Å²) in [7, 11) is 0. The number of nitriles is 1. The summed E-state index contributed by atoms with van der Waals surface area (Å²) in [4.78, 5) is 16.4. The summed E-state index contributed by atoms with van der Waals surface area (Å²) in [5.74, 6) is -0.0728. The molecule has 0 radical (unpaired) electrons. The Morgan fingerprint density at radius 3 is 2.63 bits per heavy atom. The van der Waals surface area contributed by atoms with Crippen molar-refractivity contribution in [3.8, 4) is 6.07 Å². The third-order valence-electron chi connectivity index (χ3n) is 3.01. The fourth-order valence-corrected chi connectivity index (χ4v) is 3.24. The third kappa shape index (κ3) is 4.22. The second kappa shape index (κ2) is 6.40. The van der Waals surface area contributed by atoms with E-state index < -0.39 is 5.54 Å². The first-order chi connectivity index (χ1) is 8.78. The minimum Gasteiger partial charge on any atom is -0.337 e. The van der Waals surface area contributed by atoms with Gasteiger partial charge >= 0.3 is 0 Å². The smallest absolute Gasteiger partial charge is 0.234 e. The average Bonchev–Trinajstić information content (AvgIpc) is 2.74. The highest BCUT2D eigenvalue weighted by molar-refractivity contribution is 8.02. The third-order valence-corrected chi connectivity index (χ3v) is 5.20. The Morgan fingerprint density at radius 2 is 2.21 bits per heavy atom. The van der Waals surface area contributed by atoms with E-state index in [1.54, 1.807) is 6.92 Å². The van der Waals surface area contributed by atoms with Gasteiger partial charge in [0.2, 0.25) is 5.91 Å². The summed E-state index contributed by atoms with van der Waals surface area (Å²) in [5, 5.41) is 13.7. The molecule has 6 heteroatoms. The molecule has 1 aromatic rings. The molecular weight excluding hydrogens is 278 g/mol. The van der Waals surface area contributed by atoms with E-state index in [0.29, 0.717) is 0 Å². The molecule has 0 saturated carbocycles. The zero-order valence-corrected chi connectivity index (χ0v) is 13.5. The molecule has 1 N–H and O–H groups in total. The second-order valence-corrected chi connectivity index (χ2v) is 7.42. The number of nitrogens with one attached hydrogen (secondary N) is 1. The van der Waals surface area contributed by atoms with Crippen LogP contribution in [-0.2, 0) is 4.79 Å². The lowest BCUT2D eigenvalue weighted by molar-refractivity contribution is -0.121. The topological polar surface area (TPSA) is 65.8 Å². The highest BCUT2D eigenvalue weighted by atomic mass is 32.2. The van der Waals surface area contributed by atoms with Crippen LogP contribution in [0, 0.1) is 24.2 Å². The SMILES string of the molecule is Cc1csc(S[C@H](C)C(=O)N[C@](C)(C#N)C(C)C)n1. The fourth-order valence-electron chi connectivity index (χ4n) is 1.25. The van der Waals surface area contributed by atoms with Crippen molar-refractivity contribution >= 4 is 29.0 Å². The molecule has 0 aliphatic rings. The molecule has 0 unspecified atom stereocenters. The van der Waals surface area contributed by atoms with E-state index >= 15 is 0 Å². The number of thioether (sulfide) groups is 1. The first kappa shape index (κ1) is 16.0. The Balaban J connectivity index is 2.65. The molecule has 0 aliphatic heterocycles. The van der Waals surface area contributed by atoms with E-state index in [2.05, 4.69) is 16.4 Å². The van der Waals surface area contributed by atoms with Crippen LogP contribution in [0.2, 0.25) is 0 Å². The molecular formula is C13H19N3OS2. The van der Waals surface area contributed by atoms with Gasteiger partial charge in [0.1, 0.15) is 5.54 Å². The number of hydrogen-bond acceptors (Lipinski definition) is 5. The fraction of sp³-hybridized carbons (Fsp3) is 0.615. The van der Waals surface area contributed by atoms with E-state index in [4.69, 9.17) is 0 Å². The van der Waals surface area contributed by atoms with Gasteiger partial charge in [0, 0.05) is 11.1 Å². The predicted molar refractivity (Wildman–Crippen MR) is 79.2 cm³/mol. The van der Waals surface area contributed by atoms with Crippen molar-refractivity contribution in [2.75, 3.05) is 0 Å². The normalized spacial score (nSPS) is 15.6. The Bertz CT molecular complexity index is 492. The molecule has 1 rings (SSSR count). The van der Waals surface area contributed by atoms with Gasteiger partial charge in [-0.2, -0.15) is 5.26 Å². The van der Waals surface area contributed by atoms with Crippen molar-refractivity contribution in [2.45, 2.75) is 49.7 Å². The van der Waals surface area contributed by atoms with E-state index in [9.17, 15) is 10.1 Å². The van der Waals surface area contributed by atoms with Gasteiger partial charge in [0.15, 0.2) is 4.34 Å². The maximum atomic E-state index is 12.1. The molecule has 0 spiro atoms. The van der Waals surface area contributed by atoms with Crippen LogP contribution in [-0.4, -0.2) is 21.7 Å². The number of aryl methyl sites for hydroxylation is 1. The maximum absolute atomic E-state index is 12.1. The van der Waals surface area contributed by atoms with Gasteiger partial charge in [-0.1, -0.05) is 25.6 Å². The van der Waals surface area contributed by atoms with E-state index in [0.717, 1.165) is 10.0 Å². The highest BCUT2D eigenvalue weighted by Crippen LogP contribution is 2.27. The molecule has 1 amide bonds. The van der Waals surface area contributed by atoms with Gasteiger partial charge in [-0.25, -0.2) is 4.98 Å². The number of hydrogen-bond donors (Lipinski definition) is 1. The Hall–Kier alpha value is -1.06. The average molecular weight is 297 g/mol. The molecule has 0 bridgehead atoms. The summed E-state index contributed by atoms with van der Waals surface area (Å²) in [6, 6.07) is 2.18. The van der Waals surface area contributed by atoms with Gasteiger partial charge < -0.3 is 5.32 Å². The van der Waals surface area contributed by atoms with Crippen molar-refractivity contribution in [3.63, 3.8) is 0 Å². The van der Waals surface area contributed by atoms with Gasteiger partial charge in [-0.05, 0) is 26.7 Å². The summed E-state index contributed by atoms with van der Waals surface area (Å²) in [6.07, 6.45) is 0. The Kier molecular flexibility index (Phi) is 5.39. The second-order valence-electron chi connectivity index (χ2n) is 4.97. The first-order valence-electron chi connectivity index (χ1n) is 6.10. The monoisotopic (exact) mass is 297 g/mol. The van der Waals surface area contributed by atoms with Crippen molar-refractivity contribution in [1.82, 2.24) is 10.3 Å². The van der Waals surface area contributed by atoms with Crippen LogP contribution in [0.1, 0.15) is 33.4 Å². The zero-order valence-electron chi connectivity index (χ0n) is 11.9. The summed E-state index contributed by atoms with van der Waals surface area (Å²) < 4.78 is 0.878. The van der Waals surface area contributed by atoms with Crippen LogP contribution < -0.4 is 5.32 Å². The molecule has 1 aromatic heterocycles. The molecule has 0 saturated heterocycles. The molecule has 2 atom stereocenters. The largest absolute Gasteiger partial charge is 0.337 e. The van der Waals surface area contributed by atoms with Gasteiger partial charge in [-0.3, -0.25) is 4.79 Å². The van der Waals surface area contributed by atoms with Gasteiger partial charge in [-0.15, -0.1) is 11.3 Å². The highest BCUT2D eigenvalue weighted by Gasteiger charge is 2.31. The number of aromatic nitrogens is 1. The first-order valence-corrected chi connectivity index (χ1v) is 7.86. The van der Waals surface area contributed by atoms with E-state index in [1.807, 2.05) is 33.1 Å². The van der Waals surface area contributed by atoms with E-state index in [1.165, 1.54) is 23.1 Å². The van der Waals surface area contributed by atoms with Crippen molar-refractivity contribution in [2.24, 2.45) is 5.92 Å². The van der Waals surface area contributed by atoms with Gasteiger partial charge in [0.05, 0.1) is 11.3 Å².